The van der Waals surface area contributed by atoms with Crippen LogP contribution in [0.3, 0.4) is 0 Å². The third-order valence-electron chi connectivity index (χ3n) is 5.55. The van der Waals surface area contributed by atoms with Crippen LogP contribution in [0.15, 0.2) is 35.5 Å². The van der Waals surface area contributed by atoms with Crippen LogP contribution in [0.2, 0.25) is 0 Å². The van der Waals surface area contributed by atoms with Gasteiger partial charge in [-0.3, -0.25) is 4.79 Å². The van der Waals surface area contributed by atoms with E-state index in [2.05, 4.69) is 15.5 Å². The third-order valence-corrected chi connectivity index (χ3v) is 7.73. The van der Waals surface area contributed by atoms with Crippen LogP contribution in [-0.2, 0) is 28.9 Å². The Morgan fingerprint density at radius 1 is 1.12 bits per heavy atom. The number of nitrogens with zero attached hydrogens (tertiary/aromatic N) is 3. The molecule has 1 aromatic carbocycles. The van der Waals surface area contributed by atoms with Gasteiger partial charge in [-0.1, -0.05) is 48.5 Å². The van der Waals surface area contributed by atoms with Crippen molar-refractivity contribution in [2.45, 2.75) is 57.7 Å². The number of ether oxygens (including phenoxy) is 1. The Hall–Kier alpha value is -2.65. The predicted octanol–water partition coefficient (Wildman–Crippen LogP) is 5.20. The zero-order chi connectivity index (χ0) is 23.2. The maximum atomic E-state index is 12.8. The second-order valence-corrected chi connectivity index (χ2v) is 9.79. The van der Waals surface area contributed by atoms with Crippen molar-refractivity contribution in [3.05, 3.63) is 46.3 Å². The Morgan fingerprint density at radius 2 is 1.91 bits per heavy atom. The van der Waals surface area contributed by atoms with Gasteiger partial charge in [-0.15, -0.1) is 21.5 Å². The summed E-state index contributed by atoms with van der Waals surface area (Å²) >= 11 is 2.86. The number of anilines is 1. The van der Waals surface area contributed by atoms with Gasteiger partial charge >= 0.3 is 5.97 Å². The second-order valence-electron chi connectivity index (χ2n) is 7.74. The molecule has 9 heteroatoms. The van der Waals surface area contributed by atoms with E-state index in [9.17, 15) is 9.59 Å². The topological polar surface area (TPSA) is 86.1 Å². The summed E-state index contributed by atoms with van der Waals surface area (Å²) in [5.74, 6) is 0.442. The molecule has 2 heterocycles. The zero-order valence-electron chi connectivity index (χ0n) is 18.9. The van der Waals surface area contributed by atoms with Gasteiger partial charge in [0, 0.05) is 17.0 Å². The molecular weight excluding hydrogens is 456 g/mol. The van der Waals surface area contributed by atoms with E-state index in [4.69, 9.17) is 4.74 Å². The van der Waals surface area contributed by atoms with E-state index in [1.165, 1.54) is 28.0 Å². The second kappa shape index (κ2) is 11.0. The average molecular weight is 485 g/mol. The number of fused-ring (bicyclic) bond motifs is 1. The molecule has 0 aliphatic heterocycles. The lowest BCUT2D eigenvalue weighted by Crippen LogP contribution is -2.17. The molecule has 0 bridgehead atoms. The molecule has 2 aromatic heterocycles. The molecule has 1 amide bonds. The molecule has 1 aliphatic rings. The molecule has 33 heavy (non-hydrogen) atoms. The number of aryl methyl sites for hydroxylation is 1. The van der Waals surface area contributed by atoms with Crippen LogP contribution in [0.4, 0.5) is 5.00 Å². The van der Waals surface area contributed by atoms with Gasteiger partial charge in [0.15, 0.2) is 11.0 Å². The van der Waals surface area contributed by atoms with Crippen molar-refractivity contribution >= 4 is 40.0 Å². The summed E-state index contributed by atoms with van der Waals surface area (Å²) in [6, 6.07) is 9.89. The van der Waals surface area contributed by atoms with Gasteiger partial charge in [0.1, 0.15) is 5.00 Å². The average Bonchev–Trinajstić information content (AvgIpc) is 3.31. The molecular formula is C24H28N4O3S2. The summed E-state index contributed by atoms with van der Waals surface area (Å²) in [5, 5.41) is 12.9. The standard InChI is InChI=1S/C24H28N4O3S2/c1-3-28-21(16-11-7-5-8-12-16)26-27-24(28)32-15-19(29)25-22-20(23(30)31-4-2)17-13-9-6-10-14-18(17)33-22/h5,7-8,11-12H,3-4,6,9-10,13-15H2,1-2H3,(H,25,29). The lowest BCUT2D eigenvalue weighted by atomic mass is 10.1. The number of esters is 1. The number of aromatic nitrogens is 3. The Bertz CT molecular complexity index is 1120. The molecule has 1 aliphatic carbocycles. The van der Waals surface area contributed by atoms with E-state index in [0.29, 0.717) is 28.9 Å². The maximum absolute atomic E-state index is 12.8. The van der Waals surface area contributed by atoms with Crippen LogP contribution >= 0.6 is 23.1 Å². The number of benzene rings is 1. The minimum absolute atomic E-state index is 0.172. The van der Waals surface area contributed by atoms with Gasteiger partial charge < -0.3 is 14.6 Å². The molecule has 1 N–H and O–H groups in total. The van der Waals surface area contributed by atoms with Gasteiger partial charge in [0.25, 0.3) is 0 Å². The molecule has 0 spiro atoms. The van der Waals surface area contributed by atoms with Crippen molar-refractivity contribution in [2.75, 3.05) is 17.7 Å². The molecule has 7 nitrogen and oxygen atoms in total. The summed E-state index contributed by atoms with van der Waals surface area (Å²) < 4.78 is 7.31. The highest BCUT2D eigenvalue weighted by Crippen LogP contribution is 2.38. The summed E-state index contributed by atoms with van der Waals surface area (Å²) in [6.07, 6.45) is 5.11. The van der Waals surface area contributed by atoms with Crippen LogP contribution in [0.1, 0.15) is 53.9 Å². The quantitative estimate of drug-likeness (QED) is 0.269. The molecule has 0 atom stereocenters. The Kier molecular flexibility index (Phi) is 7.82. The van der Waals surface area contributed by atoms with E-state index in [1.54, 1.807) is 6.92 Å². The van der Waals surface area contributed by atoms with Crippen molar-refractivity contribution in [1.82, 2.24) is 14.8 Å². The number of carbonyl (C=O) groups excluding carboxylic acids is 2. The fraction of sp³-hybridized carbons (Fsp3) is 0.417. The number of carbonyl (C=O) groups is 2. The largest absolute Gasteiger partial charge is 0.462 e. The summed E-state index contributed by atoms with van der Waals surface area (Å²) in [7, 11) is 0. The fourth-order valence-electron chi connectivity index (χ4n) is 4.02. The molecule has 0 unspecified atom stereocenters. The van der Waals surface area contributed by atoms with Gasteiger partial charge in [-0.25, -0.2) is 4.79 Å². The first kappa shape index (κ1) is 23.5. The van der Waals surface area contributed by atoms with Crippen LogP contribution < -0.4 is 5.32 Å². The van der Waals surface area contributed by atoms with Crippen LogP contribution in [0, 0.1) is 0 Å². The lowest BCUT2D eigenvalue weighted by Gasteiger charge is -2.09. The van der Waals surface area contributed by atoms with Gasteiger partial charge in [-0.05, 0) is 45.1 Å². The smallest absolute Gasteiger partial charge is 0.341 e. The molecule has 0 fully saturated rings. The van der Waals surface area contributed by atoms with Crippen molar-refractivity contribution in [1.29, 1.82) is 0 Å². The van der Waals surface area contributed by atoms with Crippen molar-refractivity contribution < 1.29 is 14.3 Å². The Morgan fingerprint density at radius 3 is 2.67 bits per heavy atom. The van der Waals surface area contributed by atoms with Crippen molar-refractivity contribution in [2.24, 2.45) is 0 Å². The van der Waals surface area contributed by atoms with Gasteiger partial charge in [-0.2, -0.15) is 0 Å². The molecule has 0 saturated heterocycles. The highest BCUT2D eigenvalue weighted by molar-refractivity contribution is 7.99. The van der Waals surface area contributed by atoms with Crippen LogP contribution in [-0.4, -0.2) is 39.0 Å². The number of hydrogen-bond acceptors (Lipinski definition) is 7. The fourth-order valence-corrected chi connectivity index (χ4v) is 6.12. The first-order valence-electron chi connectivity index (χ1n) is 11.3. The number of thioether (sulfide) groups is 1. The van der Waals surface area contributed by atoms with Crippen molar-refractivity contribution in [3.8, 4) is 11.4 Å². The number of nitrogens with one attached hydrogen (secondary N) is 1. The molecule has 174 valence electrons. The third kappa shape index (κ3) is 5.30. The lowest BCUT2D eigenvalue weighted by molar-refractivity contribution is -0.113. The monoisotopic (exact) mass is 484 g/mol. The number of rotatable bonds is 8. The predicted molar refractivity (Wildman–Crippen MR) is 132 cm³/mol. The van der Waals surface area contributed by atoms with E-state index < -0.39 is 0 Å². The molecule has 0 saturated carbocycles. The Balaban J connectivity index is 1.49. The molecule has 3 aromatic rings. The molecule has 4 rings (SSSR count). The van der Waals surface area contributed by atoms with E-state index in [0.717, 1.165) is 49.1 Å². The van der Waals surface area contributed by atoms with E-state index in [-0.39, 0.29) is 17.6 Å². The zero-order valence-corrected chi connectivity index (χ0v) is 20.6. The number of amides is 1. The highest BCUT2D eigenvalue weighted by atomic mass is 32.2. The summed E-state index contributed by atoms with van der Waals surface area (Å²) in [6.45, 7) is 4.84. The molecule has 0 radical (unpaired) electrons. The number of hydrogen-bond donors (Lipinski definition) is 1. The Labute approximate surface area is 201 Å². The van der Waals surface area contributed by atoms with Crippen molar-refractivity contribution in [3.63, 3.8) is 0 Å². The van der Waals surface area contributed by atoms with Crippen LogP contribution in [0.25, 0.3) is 11.4 Å². The first-order valence-corrected chi connectivity index (χ1v) is 13.2. The van der Waals surface area contributed by atoms with E-state index >= 15 is 0 Å². The van der Waals surface area contributed by atoms with E-state index in [1.807, 2.05) is 41.8 Å². The first-order chi connectivity index (χ1) is 16.1. The highest BCUT2D eigenvalue weighted by Gasteiger charge is 2.26. The van der Waals surface area contributed by atoms with Gasteiger partial charge in [0.2, 0.25) is 5.91 Å². The summed E-state index contributed by atoms with van der Waals surface area (Å²) in [5.41, 5.74) is 2.58. The normalized spacial score (nSPS) is 13.3. The SMILES string of the molecule is CCOC(=O)c1c(NC(=O)CSc2nnc(-c3ccccc3)n2CC)sc2c1CCCCC2. The maximum Gasteiger partial charge on any atom is 0.341 e. The minimum Gasteiger partial charge on any atom is -0.462 e. The minimum atomic E-state index is -0.349. The number of thiophene rings is 1. The summed E-state index contributed by atoms with van der Waals surface area (Å²) in [4.78, 5) is 26.7. The van der Waals surface area contributed by atoms with Crippen LogP contribution in [0.5, 0.6) is 0 Å². The van der Waals surface area contributed by atoms with Gasteiger partial charge in [0.05, 0.1) is 17.9 Å².